The van der Waals surface area contributed by atoms with Crippen LogP contribution in [0.25, 0.3) is 0 Å². The van der Waals surface area contributed by atoms with Crippen molar-refractivity contribution in [1.29, 1.82) is 0 Å². The van der Waals surface area contributed by atoms with Gasteiger partial charge in [0, 0.05) is 46.4 Å². The maximum absolute atomic E-state index is 12.6. The Hall–Kier alpha value is -2.08. The van der Waals surface area contributed by atoms with E-state index in [1.54, 1.807) is 7.05 Å². The first-order valence-corrected chi connectivity index (χ1v) is 9.86. The third-order valence-corrected chi connectivity index (χ3v) is 4.61. The maximum atomic E-state index is 12.6. The van der Waals surface area contributed by atoms with Gasteiger partial charge < -0.3 is 10.4 Å². The van der Waals surface area contributed by atoms with Crippen LogP contribution in [0.3, 0.4) is 0 Å². The third kappa shape index (κ3) is 9.16. The predicted octanol–water partition coefficient (Wildman–Crippen LogP) is 1.66. The number of aryl methyl sites for hydroxylation is 1. The molecule has 30 heavy (non-hydrogen) atoms. The van der Waals surface area contributed by atoms with Gasteiger partial charge in [-0.2, -0.15) is 29.8 Å². The number of aliphatic hydroxyl groups excluding tert-OH is 1. The van der Waals surface area contributed by atoms with Gasteiger partial charge in [-0.3, -0.25) is 15.0 Å². The van der Waals surface area contributed by atoms with Gasteiger partial charge in [-0.25, -0.2) is 5.01 Å². The summed E-state index contributed by atoms with van der Waals surface area (Å²) in [5.74, 6) is -0.375. The first-order valence-electron chi connectivity index (χ1n) is 9.86. The summed E-state index contributed by atoms with van der Waals surface area (Å²) in [6, 6.07) is 18.1. The SMILES string of the molecule is CCc1[c-]cc(CC(=O)NC(Cc2ccccc2)C(O)CN(C)NC(C)=O)cc1.[Rh]. The molecule has 6 nitrogen and oxygen atoms in total. The number of amides is 2. The van der Waals surface area contributed by atoms with Gasteiger partial charge in [0.1, 0.15) is 0 Å². The van der Waals surface area contributed by atoms with Gasteiger partial charge in [-0.15, -0.1) is 5.56 Å². The monoisotopic (exact) mass is 499 g/mol. The summed E-state index contributed by atoms with van der Waals surface area (Å²) in [6.07, 6.45) is 0.757. The summed E-state index contributed by atoms with van der Waals surface area (Å²) in [6.45, 7) is 3.66. The van der Waals surface area contributed by atoms with Gasteiger partial charge in [0.25, 0.3) is 0 Å². The fourth-order valence-corrected chi connectivity index (χ4v) is 3.14. The molecule has 0 saturated carbocycles. The molecule has 0 bridgehead atoms. The molecule has 165 valence electrons. The van der Waals surface area contributed by atoms with Crippen molar-refractivity contribution in [3.05, 3.63) is 71.3 Å². The van der Waals surface area contributed by atoms with Crippen molar-refractivity contribution >= 4 is 11.8 Å². The molecule has 0 fully saturated rings. The number of nitrogens with one attached hydrogen (secondary N) is 2. The van der Waals surface area contributed by atoms with Gasteiger partial charge in [0.15, 0.2) is 0 Å². The number of carbonyl (C=O) groups is 2. The second-order valence-corrected chi connectivity index (χ2v) is 7.23. The molecule has 0 aromatic heterocycles. The van der Waals surface area contributed by atoms with Crippen LogP contribution in [0.2, 0.25) is 0 Å². The molecule has 3 N–H and O–H groups in total. The van der Waals surface area contributed by atoms with Gasteiger partial charge >= 0.3 is 0 Å². The van der Waals surface area contributed by atoms with E-state index >= 15 is 0 Å². The molecule has 2 amide bonds. The van der Waals surface area contributed by atoms with Crippen LogP contribution < -0.4 is 10.7 Å². The Morgan fingerprint density at radius 3 is 2.40 bits per heavy atom. The van der Waals surface area contributed by atoms with E-state index in [9.17, 15) is 14.7 Å². The van der Waals surface area contributed by atoms with E-state index in [4.69, 9.17) is 0 Å². The van der Waals surface area contributed by atoms with E-state index in [0.717, 1.165) is 23.1 Å². The van der Waals surface area contributed by atoms with Crippen molar-refractivity contribution in [2.24, 2.45) is 0 Å². The standard InChI is InChI=1S/C23H30N3O3.Rh/c1-4-18-10-12-20(13-11-18)15-23(29)24-21(14-19-8-6-5-7-9-19)22(28)16-26(3)25-17(2)27;/h5-10,12-13,21-22,28H,4,14-16H2,1-3H3,(H,24,29)(H,25,27);/q-1;. The third-order valence-electron chi connectivity index (χ3n) is 4.61. The Morgan fingerprint density at radius 1 is 1.13 bits per heavy atom. The van der Waals surface area contributed by atoms with Crippen molar-refractivity contribution < 1.29 is 34.2 Å². The first kappa shape index (κ1) is 26.0. The summed E-state index contributed by atoms with van der Waals surface area (Å²) >= 11 is 0. The average molecular weight is 499 g/mol. The second-order valence-electron chi connectivity index (χ2n) is 7.23. The molecule has 2 unspecified atom stereocenters. The summed E-state index contributed by atoms with van der Waals surface area (Å²) < 4.78 is 0. The quantitative estimate of drug-likeness (QED) is 0.264. The predicted molar refractivity (Wildman–Crippen MR) is 113 cm³/mol. The van der Waals surface area contributed by atoms with E-state index in [0.29, 0.717) is 6.42 Å². The van der Waals surface area contributed by atoms with Crippen LogP contribution in [0.4, 0.5) is 0 Å². The summed E-state index contributed by atoms with van der Waals surface area (Å²) in [7, 11) is 1.68. The smallest absolute Gasteiger partial charge is 0.231 e. The van der Waals surface area contributed by atoms with Gasteiger partial charge in [-0.05, 0) is 12.0 Å². The molecule has 1 radical (unpaired) electrons. The zero-order valence-electron chi connectivity index (χ0n) is 17.6. The van der Waals surface area contributed by atoms with Crippen molar-refractivity contribution in [2.45, 2.75) is 45.3 Å². The van der Waals surface area contributed by atoms with Gasteiger partial charge in [0.05, 0.1) is 12.1 Å². The molecule has 7 heteroatoms. The number of benzene rings is 2. The van der Waals surface area contributed by atoms with Gasteiger partial charge in [0.2, 0.25) is 11.8 Å². The number of carbonyl (C=O) groups excluding carboxylic acids is 2. The van der Waals surface area contributed by atoms with E-state index in [1.165, 1.54) is 11.9 Å². The molecule has 0 aliphatic carbocycles. The molecular formula is C23H30N3O3Rh-. The molecule has 2 aromatic rings. The fraction of sp³-hybridized carbons (Fsp3) is 0.391. The largest absolute Gasteiger partial charge is 0.390 e. The van der Waals surface area contributed by atoms with Crippen LogP contribution in [0.15, 0.2) is 48.5 Å². The molecule has 0 heterocycles. The molecule has 0 aliphatic rings. The van der Waals surface area contributed by atoms with Gasteiger partial charge in [-0.1, -0.05) is 43.7 Å². The Bertz CT molecular complexity index is 784. The van der Waals surface area contributed by atoms with E-state index in [1.807, 2.05) is 48.5 Å². The number of hydrazine groups is 1. The topological polar surface area (TPSA) is 81.7 Å². The van der Waals surface area contributed by atoms with Crippen LogP contribution in [0, 0.1) is 6.07 Å². The minimum Gasteiger partial charge on any atom is -0.390 e. The second kappa shape index (κ2) is 13.3. The Balaban J connectivity index is 0.00000450. The Morgan fingerprint density at radius 2 is 1.83 bits per heavy atom. The van der Waals surface area contributed by atoms with Crippen LogP contribution in [0.1, 0.15) is 30.5 Å². The van der Waals surface area contributed by atoms with Crippen LogP contribution in [-0.4, -0.2) is 47.7 Å². The number of likely N-dealkylation sites (N-methyl/N-ethyl adjacent to an activating group) is 1. The minimum absolute atomic E-state index is 0. The zero-order valence-corrected chi connectivity index (χ0v) is 19.3. The van der Waals surface area contributed by atoms with Crippen molar-refractivity contribution in [3.8, 4) is 0 Å². The molecule has 0 aliphatic heterocycles. The summed E-state index contributed by atoms with van der Waals surface area (Å²) in [5.41, 5.74) is 5.61. The summed E-state index contributed by atoms with van der Waals surface area (Å²) in [5, 5.41) is 15.2. The zero-order chi connectivity index (χ0) is 21.2. The Kier molecular flexibility index (Phi) is 11.5. The van der Waals surface area contributed by atoms with E-state index < -0.39 is 12.1 Å². The molecule has 0 spiro atoms. The Labute approximate surface area is 191 Å². The number of rotatable bonds is 10. The number of hydrogen-bond donors (Lipinski definition) is 3. The van der Waals surface area contributed by atoms with Crippen molar-refractivity contribution in [1.82, 2.24) is 15.8 Å². The fourth-order valence-electron chi connectivity index (χ4n) is 3.14. The number of hydrogen-bond acceptors (Lipinski definition) is 4. The van der Waals surface area contributed by atoms with E-state index in [-0.39, 0.29) is 44.3 Å². The average Bonchev–Trinajstić information content (AvgIpc) is 2.68. The summed E-state index contributed by atoms with van der Waals surface area (Å²) in [4.78, 5) is 23.8. The molecule has 2 aromatic carbocycles. The molecule has 2 atom stereocenters. The normalized spacial score (nSPS) is 12.6. The van der Waals surface area contributed by atoms with Crippen LogP contribution in [0.5, 0.6) is 0 Å². The number of aliphatic hydroxyl groups is 1. The van der Waals surface area contributed by atoms with Crippen LogP contribution in [-0.2, 0) is 48.3 Å². The minimum atomic E-state index is -0.856. The van der Waals surface area contributed by atoms with E-state index in [2.05, 4.69) is 23.7 Å². The molecule has 2 rings (SSSR count). The molecule has 0 saturated heterocycles. The molecular weight excluding hydrogens is 469 g/mol. The van der Waals surface area contributed by atoms with Crippen molar-refractivity contribution in [3.63, 3.8) is 0 Å². The maximum Gasteiger partial charge on any atom is 0.231 e. The first-order chi connectivity index (χ1) is 13.9. The van der Waals surface area contributed by atoms with Crippen LogP contribution >= 0.6 is 0 Å². The number of nitrogens with zero attached hydrogens (tertiary/aromatic N) is 1. The van der Waals surface area contributed by atoms with Crippen molar-refractivity contribution in [2.75, 3.05) is 13.6 Å².